The summed E-state index contributed by atoms with van der Waals surface area (Å²) in [6, 6.07) is 0.822. The fourth-order valence-corrected chi connectivity index (χ4v) is 2.65. The minimum absolute atomic E-state index is 0.822. The first-order valence-corrected chi connectivity index (χ1v) is 5.95. The third kappa shape index (κ3) is 4.12. The lowest BCUT2D eigenvalue weighted by atomic mass is 9.81. The maximum atomic E-state index is 3.59. The zero-order chi connectivity index (χ0) is 9.68. The van der Waals surface area contributed by atoms with Crippen LogP contribution in [0.2, 0.25) is 0 Å². The van der Waals surface area contributed by atoms with Crippen LogP contribution in [-0.2, 0) is 0 Å². The van der Waals surface area contributed by atoms with Gasteiger partial charge in [-0.3, -0.25) is 0 Å². The molecule has 1 rings (SSSR count). The van der Waals surface area contributed by atoms with Crippen molar-refractivity contribution in [1.82, 2.24) is 5.32 Å². The molecule has 78 valence electrons. The van der Waals surface area contributed by atoms with Crippen LogP contribution in [0.25, 0.3) is 0 Å². The van der Waals surface area contributed by atoms with Gasteiger partial charge in [0.15, 0.2) is 0 Å². The minimum Gasteiger partial charge on any atom is -0.314 e. The van der Waals surface area contributed by atoms with Crippen LogP contribution < -0.4 is 5.32 Å². The Balaban J connectivity index is 2.24. The molecule has 0 aromatic carbocycles. The second kappa shape index (κ2) is 5.64. The molecule has 0 radical (unpaired) electrons. The molecule has 1 saturated carbocycles. The Labute approximate surface area is 83.3 Å². The van der Waals surface area contributed by atoms with Gasteiger partial charge in [0.05, 0.1) is 0 Å². The Bertz CT molecular complexity index is 129. The summed E-state index contributed by atoms with van der Waals surface area (Å²) in [5.41, 5.74) is 0. The molecule has 0 aromatic heterocycles. The summed E-state index contributed by atoms with van der Waals surface area (Å²) in [5, 5.41) is 3.59. The fourth-order valence-electron chi connectivity index (χ4n) is 2.65. The third-order valence-corrected chi connectivity index (χ3v) is 3.08. The summed E-state index contributed by atoms with van der Waals surface area (Å²) in [7, 11) is 0. The molecule has 1 aliphatic carbocycles. The lowest BCUT2D eigenvalue weighted by Gasteiger charge is -2.30. The fraction of sp³-hybridized carbons (Fsp3) is 1.00. The van der Waals surface area contributed by atoms with Gasteiger partial charge in [-0.2, -0.15) is 0 Å². The van der Waals surface area contributed by atoms with Crippen molar-refractivity contribution in [2.24, 2.45) is 11.8 Å². The molecule has 0 spiro atoms. The Morgan fingerprint density at radius 2 is 2.08 bits per heavy atom. The summed E-state index contributed by atoms with van der Waals surface area (Å²) >= 11 is 0. The smallest absolute Gasteiger partial charge is 0.00695 e. The summed E-state index contributed by atoms with van der Waals surface area (Å²) in [6.45, 7) is 8.04. The molecule has 0 saturated heterocycles. The Morgan fingerprint density at radius 1 is 1.31 bits per heavy atom. The lowest BCUT2D eigenvalue weighted by molar-refractivity contribution is 0.255. The van der Waals surface area contributed by atoms with Gasteiger partial charge in [0, 0.05) is 6.04 Å². The predicted octanol–water partition coefficient (Wildman–Crippen LogP) is 3.20. The molecule has 13 heavy (non-hydrogen) atoms. The number of hydrogen-bond acceptors (Lipinski definition) is 1. The second-order valence-electron chi connectivity index (χ2n) is 4.92. The van der Waals surface area contributed by atoms with Crippen LogP contribution in [0.1, 0.15) is 52.9 Å². The minimum atomic E-state index is 0.822. The van der Waals surface area contributed by atoms with E-state index in [2.05, 4.69) is 26.1 Å². The van der Waals surface area contributed by atoms with Crippen LogP contribution in [0, 0.1) is 11.8 Å². The highest BCUT2D eigenvalue weighted by Crippen LogP contribution is 2.29. The molecular weight excluding hydrogens is 158 g/mol. The average molecular weight is 183 g/mol. The standard InChI is InChI=1S/C12H25N/c1-4-13-12-7-5-6-11(9-12)8-10(2)3/h10-13H,4-9H2,1-3H3. The van der Waals surface area contributed by atoms with Gasteiger partial charge in [0.2, 0.25) is 0 Å². The van der Waals surface area contributed by atoms with Gasteiger partial charge in [0.25, 0.3) is 0 Å². The average Bonchev–Trinajstić information content (AvgIpc) is 2.04. The van der Waals surface area contributed by atoms with E-state index in [0.29, 0.717) is 0 Å². The van der Waals surface area contributed by atoms with Crippen LogP contribution in [0.5, 0.6) is 0 Å². The predicted molar refractivity (Wildman–Crippen MR) is 58.9 cm³/mol. The highest BCUT2D eigenvalue weighted by atomic mass is 14.9. The van der Waals surface area contributed by atoms with E-state index in [4.69, 9.17) is 0 Å². The molecule has 1 fully saturated rings. The van der Waals surface area contributed by atoms with Gasteiger partial charge in [-0.05, 0) is 37.6 Å². The van der Waals surface area contributed by atoms with Crippen molar-refractivity contribution in [1.29, 1.82) is 0 Å². The van der Waals surface area contributed by atoms with Gasteiger partial charge in [-0.25, -0.2) is 0 Å². The van der Waals surface area contributed by atoms with Crippen molar-refractivity contribution in [3.05, 3.63) is 0 Å². The van der Waals surface area contributed by atoms with Crippen LogP contribution in [0.3, 0.4) is 0 Å². The van der Waals surface area contributed by atoms with E-state index in [1.54, 1.807) is 0 Å². The van der Waals surface area contributed by atoms with Crippen LogP contribution >= 0.6 is 0 Å². The molecule has 2 unspecified atom stereocenters. The molecule has 1 heteroatoms. The lowest BCUT2D eigenvalue weighted by Crippen LogP contribution is -2.34. The number of rotatable bonds is 4. The molecular formula is C12H25N. The van der Waals surface area contributed by atoms with Gasteiger partial charge < -0.3 is 5.32 Å². The monoisotopic (exact) mass is 183 g/mol. The molecule has 0 aliphatic heterocycles. The van der Waals surface area contributed by atoms with Crippen molar-refractivity contribution in [3.8, 4) is 0 Å². The third-order valence-electron chi connectivity index (χ3n) is 3.08. The summed E-state index contributed by atoms with van der Waals surface area (Å²) in [5.74, 6) is 1.88. The molecule has 0 bridgehead atoms. The number of hydrogen-bond donors (Lipinski definition) is 1. The first-order chi connectivity index (χ1) is 6.22. The highest BCUT2D eigenvalue weighted by molar-refractivity contribution is 4.77. The van der Waals surface area contributed by atoms with Gasteiger partial charge in [-0.15, -0.1) is 0 Å². The van der Waals surface area contributed by atoms with Crippen molar-refractivity contribution in [2.45, 2.75) is 58.9 Å². The topological polar surface area (TPSA) is 12.0 Å². The van der Waals surface area contributed by atoms with E-state index in [9.17, 15) is 0 Å². The molecule has 1 nitrogen and oxygen atoms in total. The first kappa shape index (κ1) is 11.0. The largest absolute Gasteiger partial charge is 0.314 e. The second-order valence-corrected chi connectivity index (χ2v) is 4.92. The number of nitrogens with one attached hydrogen (secondary N) is 1. The van der Waals surface area contributed by atoms with E-state index in [0.717, 1.165) is 24.4 Å². The summed E-state index contributed by atoms with van der Waals surface area (Å²) in [4.78, 5) is 0. The van der Waals surface area contributed by atoms with Crippen molar-refractivity contribution in [3.63, 3.8) is 0 Å². The Morgan fingerprint density at radius 3 is 2.69 bits per heavy atom. The zero-order valence-electron chi connectivity index (χ0n) is 9.47. The Hall–Kier alpha value is -0.0400. The molecule has 0 aromatic rings. The van der Waals surface area contributed by atoms with Gasteiger partial charge >= 0.3 is 0 Å². The maximum absolute atomic E-state index is 3.59. The SMILES string of the molecule is CCNC1CCCC(CC(C)C)C1. The van der Waals surface area contributed by atoms with E-state index >= 15 is 0 Å². The van der Waals surface area contributed by atoms with E-state index in [-0.39, 0.29) is 0 Å². The molecule has 0 amide bonds. The van der Waals surface area contributed by atoms with E-state index in [1.807, 2.05) is 0 Å². The first-order valence-electron chi connectivity index (χ1n) is 5.95. The quantitative estimate of drug-likeness (QED) is 0.706. The highest BCUT2D eigenvalue weighted by Gasteiger charge is 2.21. The normalized spacial score (nSPS) is 29.5. The molecule has 2 atom stereocenters. The van der Waals surface area contributed by atoms with Gasteiger partial charge in [0.1, 0.15) is 0 Å². The van der Waals surface area contributed by atoms with Crippen LogP contribution in [-0.4, -0.2) is 12.6 Å². The summed E-state index contributed by atoms with van der Waals surface area (Å²) in [6.07, 6.45) is 7.17. The zero-order valence-corrected chi connectivity index (χ0v) is 9.47. The Kier molecular flexibility index (Phi) is 4.79. The molecule has 1 N–H and O–H groups in total. The molecule has 1 aliphatic rings. The van der Waals surface area contributed by atoms with E-state index < -0.39 is 0 Å². The summed E-state index contributed by atoms with van der Waals surface area (Å²) < 4.78 is 0. The van der Waals surface area contributed by atoms with Crippen LogP contribution in [0.4, 0.5) is 0 Å². The maximum Gasteiger partial charge on any atom is 0.00695 e. The van der Waals surface area contributed by atoms with Crippen molar-refractivity contribution >= 4 is 0 Å². The van der Waals surface area contributed by atoms with Crippen LogP contribution in [0.15, 0.2) is 0 Å². The van der Waals surface area contributed by atoms with Crippen molar-refractivity contribution < 1.29 is 0 Å². The van der Waals surface area contributed by atoms with Crippen molar-refractivity contribution in [2.75, 3.05) is 6.54 Å². The van der Waals surface area contributed by atoms with Gasteiger partial charge in [-0.1, -0.05) is 33.6 Å². The van der Waals surface area contributed by atoms with E-state index in [1.165, 1.54) is 32.1 Å². The molecule has 0 heterocycles.